The first-order chi connectivity index (χ1) is 16.3. The molecule has 0 radical (unpaired) electrons. The molecule has 0 aromatic heterocycles. The van der Waals surface area contributed by atoms with Crippen molar-refractivity contribution in [3.8, 4) is 5.75 Å². The summed E-state index contributed by atoms with van der Waals surface area (Å²) in [7, 11) is 0. The monoisotopic (exact) mass is 475 g/mol. The molecule has 0 aliphatic rings. The molecule has 0 saturated carbocycles. The number of allylic oxidation sites excluding steroid dienone is 1. The number of esters is 1. The van der Waals surface area contributed by atoms with Crippen LogP contribution in [0, 0.1) is 17.6 Å². The summed E-state index contributed by atoms with van der Waals surface area (Å²) >= 11 is 0. The molecule has 0 saturated heterocycles. The normalized spacial score (nSPS) is 12.6. The lowest BCUT2D eigenvalue weighted by molar-refractivity contribution is -0.136. The van der Waals surface area contributed by atoms with Gasteiger partial charge in [-0.15, -0.1) is 0 Å². The van der Waals surface area contributed by atoms with Crippen LogP contribution in [0.4, 0.5) is 19.3 Å². The van der Waals surface area contributed by atoms with Crippen molar-refractivity contribution in [1.29, 1.82) is 0 Å². The van der Waals surface area contributed by atoms with Crippen LogP contribution in [0.15, 0.2) is 67.3 Å². The molecule has 9 heteroatoms. The molecule has 0 heterocycles. The van der Waals surface area contributed by atoms with Gasteiger partial charge in [0.15, 0.2) is 0 Å². The van der Waals surface area contributed by atoms with Gasteiger partial charge in [0.05, 0.1) is 12.3 Å². The molecule has 0 aliphatic carbocycles. The molecule has 2 atom stereocenters. The zero-order valence-electron chi connectivity index (χ0n) is 18.7. The minimum Gasteiger partial charge on any atom is -0.491 e. The first kappa shape index (κ1) is 26.5. The Kier molecular flexibility index (Phi) is 10.7. The van der Waals surface area contributed by atoms with Crippen molar-refractivity contribution in [3.05, 3.63) is 84.5 Å². The van der Waals surface area contributed by atoms with Crippen LogP contribution in [0.25, 0.3) is 0 Å². The van der Waals surface area contributed by atoms with Crippen LogP contribution in [0.1, 0.15) is 25.0 Å². The summed E-state index contributed by atoms with van der Waals surface area (Å²) in [4.78, 5) is 24.1. The number of hydrogen-bond donors (Lipinski definition) is 2. The lowest BCUT2D eigenvalue weighted by Crippen LogP contribution is -2.22. The summed E-state index contributed by atoms with van der Waals surface area (Å²) in [5.41, 5.74) is 0.400. The highest BCUT2D eigenvalue weighted by Gasteiger charge is 2.24. The van der Waals surface area contributed by atoms with E-state index in [1.54, 1.807) is 30.3 Å². The van der Waals surface area contributed by atoms with Crippen molar-refractivity contribution < 1.29 is 37.7 Å². The molecular weight excluding hydrogens is 448 g/mol. The summed E-state index contributed by atoms with van der Waals surface area (Å²) in [6, 6.07) is 9.47. The van der Waals surface area contributed by atoms with Gasteiger partial charge in [0, 0.05) is 18.1 Å². The Balaban J connectivity index is 2.15. The van der Waals surface area contributed by atoms with Crippen LogP contribution >= 0.6 is 0 Å². The highest BCUT2D eigenvalue weighted by molar-refractivity contribution is 5.85. The van der Waals surface area contributed by atoms with Gasteiger partial charge in [0.25, 0.3) is 0 Å². The van der Waals surface area contributed by atoms with Gasteiger partial charge in [0.1, 0.15) is 36.7 Å². The van der Waals surface area contributed by atoms with Gasteiger partial charge >= 0.3 is 12.1 Å². The number of nitrogens with one attached hydrogen (secondary N) is 1. The number of ether oxygens (including phenoxy) is 3. The number of anilines is 1. The Morgan fingerprint density at radius 3 is 2.56 bits per heavy atom. The van der Waals surface area contributed by atoms with Crippen molar-refractivity contribution in [3.63, 3.8) is 0 Å². The maximum absolute atomic E-state index is 13.9. The smallest absolute Gasteiger partial charge is 0.412 e. The molecule has 0 aliphatic heterocycles. The molecule has 2 N–H and O–H groups in total. The summed E-state index contributed by atoms with van der Waals surface area (Å²) in [6.07, 6.45) is 2.98. The van der Waals surface area contributed by atoms with Gasteiger partial charge in [-0.2, -0.15) is 0 Å². The molecule has 0 spiro atoms. The molecule has 0 fully saturated rings. The number of aliphatic hydroxyl groups excluding tert-OH is 1. The topological polar surface area (TPSA) is 94.1 Å². The molecule has 0 bridgehead atoms. The molecule has 2 rings (SSSR count). The van der Waals surface area contributed by atoms with Crippen molar-refractivity contribution in [2.45, 2.75) is 19.4 Å². The lowest BCUT2D eigenvalue weighted by Gasteiger charge is -2.24. The Bertz CT molecular complexity index is 993. The van der Waals surface area contributed by atoms with Gasteiger partial charge < -0.3 is 19.3 Å². The van der Waals surface area contributed by atoms with E-state index in [9.17, 15) is 18.4 Å². The number of amides is 1. The second-order valence-corrected chi connectivity index (χ2v) is 7.25. The Hall–Kier alpha value is -3.72. The molecule has 2 aromatic carbocycles. The summed E-state index contributed by atoms with van der Waals surface area (Å²) in [6.45, 7) is 5.37. The summed E-state index contributed by atoms with van der Waals surface area (Å²) in [5.74, 6) is -2.01. The fourth-order valence-corrected chi connectivity index (χ4v) is 2.97. The van der Waals surface area contributed by atoms with Gasteiger partial charge in [-0.05, 0) is 36.2 Å². The van der Waals surface area contributed by atoms with Crippen LogP contribution in [0.5, 0.6) is 5.75 Å². The van der Waals surface area contributed by atoms with E-state index in [1.165, 1.54) is 12.2 Å². The summed E-state index contributed by atoms with van der Waals surface area (Å²) in [5, 5.41) is 11.2. The maximum atomic E-state index is 13.9. The number of carbonyl (C=O) groups is 2. The number of aliphatic hydroxyl groups is 1. The Morgan fingerprint density at radius 2 is 1.91 bits per heavy atom. The van der Waals surface area contributed by atoms with Crippen LogP contribution in [-0.2, 0) is 14.3 Å². The van der Waals surface area contributed by atoms with E-state index < -0.39 is 29.8 Å². The van der Waals surface area contributed by atoms with Crippen LogP contribution < -0.4 is 10.1 Å². The number of benzene rings is 2. The number of rotatable bonds is 12. The first-order valence-corrected chi connectivity index (χ1v) is 10.5. The molecule has 182 valence electrons. The average molecular weight is 475 g/mol. The predicted molar refractivity (Wildman–Crippen MR) is 122 cm³/mol. The van der Waals surface area contributed by atoms with Gasteiger partial charge in [-0.25, -0.2) is 18.4 Å². The SMILES string of the molecule is C=CCOC(=O)/C=C/C[C@H](C)[C@H](OC(=O)Nc1ccc(F)cc1F)c1ccc(OCCO)cc1. The second kappa shape index (κ2) is 13.7. The Morgan fingerprint density at radius 1 is 1.18 bits per heavy atom. The van der Waals surface area contributed by atoms with E-state index in [2.05, 4.69) is 11.9 Å². The van der Waals surface area contributed by atoms with Crippen molar-refractivity contribution >= 4 is 17.7 Å². The maximum Gasteiger partial charge on any atom is 0.412 e. The number of carbonyl (C=O) groups excluding carboxylic acids is 2. The number of hydrogen-bond acceptors (Lipinski definition) is 6. The fourth-order valence-electron chi connectivity index (χ4n) is 2.97. The molecular formula is C25H27F2NO6. The molecule has 7 nitrogen and oxygen atoms in total. The third-order valence-electron chi connectivity index (χ3n) is 4.59. The van der Waals surface area contributed by atoms with Crippen LogP contribution in [0.3, 0.4) is 0 Å². The zero-order chi connectivity index (χ0) is 24.9. The van der Waals surface area contributed by atoms with Gasteiger partial charge in [-0.3, -0.25) is 5.32 Å². The summed E-state index contributed by atoms with van der Waals surface area (Å²) < 4.78 is 42.8. The zero-order valence-corrected chi connectivity index (χ0v) is 18.7. The quantitative estimate of drug-likeness (QED) is 0.257. The minimum atomic E-state index is -0.937. The largest absolute Gasteiger partial charge is 0.491 e. The van der Waals surface area contributed by atoms with Crippen molar-refractivity contribution in [2.24, 2.45) is 5.92 Å². The predicted octanol–water partition coefficient (Wildman–Crippen LogP) is 4.94. The van der Waals surface area contributed by atoms with Crippen LogP contribution in [0.2, 0.25) is 0 Å². The second-order valence-electron chi connectivity index (χ2n) is 7.25. The molecule has 34 heavy (non-hydrogen) atoms. The van der Waals surface area contributed by atoms with E-state index in [1.807, 2.05) is 6.92 Å². The van der Waals surface area contributed by atoms with Crippen molar-refractivity contribution in [1.82, 2.24) is 0 Å². The van der Waals surface area contributed by atoms with Gasteiger partial charge in [-0.1, -0.05) is 37.8 Å². The average Bonchev–Trinajstić information content (AvgIpc) is 2.82. The van der Waals surface area contributed by atoms with E-state index in [0.29, 0.717) is 23.8 Å². The third-order valence-corrected chi connectivity index (χ3v) is 4.59. The third kappa shape index (κ3) is 8.67. The molecule has 2 aromatic rings. The fraction of sp³-hybridized carbons (Fsp3) is 0.280. The van der Waals surface area contributed by atoms with Crippen LogP contribution in [-0.4, -0.2) is 37.0 Å². The van der Waals surface area contributed by atoms with Crippen molar-refractivity contribution in [2.75, 3.05) is 25.1 Å². The van der Waals surface area contributed by atoms with E-state index in [-0.39, 0.29) is 31.4 Å². The Labute approximate surface area is 196 Å². The minimum absolute atomic E-state index is 0.0925. The lowest BCUT2D eigenvalue weighted by atomic mass is 9.94. The highest BCUT2D eigenvalue weighted by atomic mass is 19.1. The highest BCUT2D eigenvalue weighted by Crippen LogP contribution is 2.31. The van der Waals surface area contributed by atoms with E-state index in [4.69, 9.17) is 19.3 Å². The first-order valence-electron chi connectivity index (χ1n) is 10.5. The van der Waals surface area contributed by atoms with E-state index >= 15 is 0 Å². The van der Waals surface area contributed by atoms with E-state index in [0.717, 1.165) is 12.1 Å². The van der Waals surface area contributed by atoms with Gasteiger partial charge in [0.2, 0.25) is 0 Å². The standard InChI is InChI=1S/C25H27F2NO6/c1-3-14-33-23(30)6-4-5-17(2)24(18-7-10-20(11-8-18)32-15-13-29)34-25(31)28-22-12-9-19(26)16-21(22)27/h3-4,6-12,16-17,24,29H,1,5,13-15H2,2H3,(H,28,31)/b6-4+/t17-,24-/m0/s1. The molecule has 0 unspecified atom stereocenters. The number of halogens is 2. The molecule has 1 amide bonds.